The number of nitrogens with one attached hydrogen (secondary N) is 1. The minimum atomic E-state index is -3.88. The maximum absolute atomic E-state index is 13.0. The molecule has 2 aromatic carbocycles. The van der Waals surface area contributed by atoms with Crippen molar-refractivity contribution in [3.63, 3.8) is 0 Å². The summed E-state index contributed by atoms with van der Waals surface area (Å²) in [4.78, 5) is 24.4. The SMILES string of the molecule is CCSc1ccccc1NC(=O)C(CC)N(c1cccc([N+](=O)[O-])c1)S(C)(=O)=O. The molecule has 29 heavy (non-hydrogen) atoms. The molecule has 0 saturated carbocycles. The first-order chi connectivity index (χ1) is 13.7. The van der Waals surface area contributed by atoms with Gasteiger partial charge in [0, 0.05) is 17.0 Å². The highest BCUT2D eigenvalue weighted by molar-refractivity contribution is 7.99. The minimum Gasteiger partial charge on any atom is -0.323 e. The average molecular weight is 438 g/mol. The molecule has 1 atom stereocenters. The molecule has 10 heteroatoms. The van der Waals surface area contributed by atoms with Crippen LogP contribution in [-0.2, 0) is 14.8 Å². The Morgan fingerprint density at radius 2 is 1.90 bits per heavy atom. The average Bonchev–Trinajstić information content (AvgIpc) is 2.66. The molecule has 0 aliphatic carbocycles. The number of carbonyl (C=O) groups is 1. The number of benzene rings is 2. The number of nitro benzene ring substituents is 1. The molecule has 0 fully saturated rings. The zero-order valence-corrected chi connectivity index (χ0v) is 18.0. The van der Waals surface area contributed by atoms with Gasteiger partial charge in [-0.25, -0.2) is 8.42 Å². The maximum Gasteiger partial charge on any atom is 0.271 e. The van der Waals surface area contributed by atoms with E-state index in [1.807, 2.05) is 19.1 Å². The number of thioether (sulfide) groups is 1. The first kappa shape index (κ1) is 22.7. The van der Waals surface area contributed by atoms with E-state index in [1.165, 1.54) is 18.2 Å². The fraction of sp³-hybridized carbons (Fsp3) is 0.316. The number of carbonyl (C=O) groups excluding carboxylic acids is 1. The summed E-state index contributed by atoms with van der Waals surface area (Å²) in [6, 6.07) is 11.4. The number of hydrogen-bond donors (Lipinski definition) is 1. The van der Waals surface area contributed by atoms with Gasteiger partial charge in [0.1, 0.15) is 6.04 Å². The lowest BCUT2D eigenvalue weighted by Gasteiger charge is -2.30. The molecule has 1 N–H and O–H groups in total. The molecule has 0 saturated heterocycles. The Morgan fingerprint density at radius 1 is 1.21 bits per heavy atom. The molecule has 2 aromatic rings. The van der Waals surface area contributed by atoms with E-state index < -0.39 is 26.9 Å². The van der Waals surface area contributed by atoms with E-state index in [1.54, 1.807) is 30.8 Å². The number of rotatable bonds is 9. The lowest BCUT2D eigenvalue weighted by Crippen LogP contribution is -2.47. The predicted molar refractivity (Wildman–Crippen MR) is 116 cm³/mol. The monoisotopic (exact) mass is 437 g/mol. The van der Waals surface area contributed by atoms with Crippen molar-refractivity contribution in [1.29, 1.82) is 0 Å². The van der Waals surface area contributed by atoms with Crippen molar-refractivity contribution in [1.82, 2.24) is 0 Å². The molecule has 0 aliphatic rings. The molecule has 0 spiro atoms. The molecule has 156 valence electrons. The molecule has 0 bridgehead atoms. The summed E-state index contributed by atoms with van der Waals surface area (Å²) >= 11 is 1.56. The van der Waals surface area contributed by atoms with Gasteiger partial charge >= 0.3 is 0 Å². The summed E-state index contributed by atoms with van der Waals surface area (Å²) in [6.45, 7) is 3.68. The van der Waals surface area contributed by atoms with E-state index in [2.05, 4.69) is 5.32 Å². The number of nitrogens with zero attached hydrogens (tertiary/aromatic N) is 2. The molecule has 2 rings (SSSR count). The van der Waals surface area contributed by atoms with Gasteiger partial charge in [0.05, 0.1) is 22.6 Å². The van der Waals surface area contributed by atoms with Gasteiger partial charge in [0.25, 0.3) is 5.69 Å². The van der Waals surface area contributed by atoms with Crippen LogP contribution in [0.2, 0.25) is 0 Å². The molecule has 8 nitrogen and oxygen atoms in total. The Hall–Kier alpha value is -2.59. The van der Waals surface area contributed by atoms with Gasteiger partial charge < -0.3 is 5.32 Å². The summed E-state index contributed by atoms with van der Waals surface area (Å²) in [5.74, 6) is 0.307. The first-order valence-corrected chi connectivity index (χ1v) is 11.8. The zero-order chi connectivity index (χ0) is 21.6. The second-order valence-electron chi connectivity index (χ2n) is 6.18. The Bertz CT molecular complexity index is 995. The summed E-state index contributed by atoms with van der Waals surface area (Å²) in [5.41, 5.74) is 0.409. The van der Waals surface area contributed by atoms with E-state index in [0.717, 1.165) is 27.3 Å². The van der Waals surface area contributed by atoms with Crippen LogP contribution in [0, 0.1) is 10.1 Å². The maximum atomic E-state index is 13.0. The highest BCUT2D eigenvalue weighted by Crippen LogP contribution is 2.29. The quantitative estimate of drug-likeness (QED) is 0.362. The third-order valence-electron chi connectivity index (χ3n) is 4.07. The number of nitro groups is 1. The Kier molecular flexibility index (Phi) is 7.63. The van der Waals surface area contributed by atoms with Gasteiger partial charge in [-0.15, -0.1) is 11.8 Å². The van der Waals surface area contributed by atoms with Gasteiger partial charge in [-0.1, -0.05) is 32.0 Å². The summed E-state index contributed by atoms with van der Waals surface area (Å²) < 4.78 is 26.0. The molecule has 0 heterocycles. The number of anilines is 2. The number of sulfonamides is 1. The van der Waals surface area contributed by atoms with Crippen molar-refractivity contribution in [3.05, 3.63) is 58.6 Å². The van der Waals surface area contributed by atoms with Crippen LogP contribution in [0.5, 0.6) is 0 Å². The molecular formula is C19H23N3O5S2. The van der Waals surface area contributed by atoms with Gasteiger partial charge in [0.15, 0.2) is 0 Å². The van der Waals surface area contributed by atoms with Crippen LogP contribution in [0.4, 0.5) is 17.1 Å². The van der Waals surface area contributed by atoms with Crippen LogP contribution >= 0.6 is 11.8 Å². The molecule has 1 amide bonds. The largest absolute Gasteiger partial charge is 0.323 e. The Morgan fingerprint density at radius 3 is 2.48 bits per heavy atom. The van der Waals surface area contributed by atoms with Gasteiger partial charge in [-0.2, -0.15) is 0 Å². The molecular weight excluding hydrogens is 414 g/mol. The second kappa shape index (κ2) is 9.75. The molecule has 0 aliphatic heterocycles. The Balaban J connectivity index is 2.43. The lowest BCUT2D eigenvalue weighted by atomic mass is 10.1. The smallest absolute Gasteiger partial charge is 0.271 e. The highest BCUT2D eigenvalue weighted by Gasteiger charge is 2.32. The summed E-state index contributed by atoms with van der Waals surface area (Å²) in [6.07, 6.45) is 1.16. The van der Waals surface area contributed by atoms with Crippen molar-refractivity contribution < 1.29 is 18.1 Å². The number of para-hydroxylation sites is 1. The van der Waals surface area contributed by atoms with Gasteiger partial charge in [0.2, 0.25) is 15.9 Å². The van der Waals surface area contributed by atoms with Crippen molar-refractivity contribution in [2.75, 3.05) is 21.6 Å². The Labute approximate surface area is 174 Å². The van der Waals surface area contributed by atoms with Crippen LogP contribution in [0.25, 0.3) is 0 Å². The number of amides is 1. The van der Waals surface area contributed by atoms with Crippen molar-refractivity contribution in [3.8, 4) is 0 Å². The van der Waals surface area contributed by atoms with Crippen LogP contribution in [-0.4, -0.2) is 37.3 Å². The lowest BCUT2D eigenvalue weighted by molar-refractivity contribution is -0.384. The van der Waals surface area contributed by atoms with Gasteiger partial charge in [-0.3, -0.25) is 19.2 Å². The molecule has 1 unspecified atom stereocenters. The fourth-order valence-corrected chi connectivity index (χ4v) is 4.84. The molecule has 0 radical (unpaired) electrons. The highest BCUT2D eigenvalue weighted by atomic mass is 32.2. The number of hydrogen-bond acceptors (Lipinski definition) is 6. The van der Waals surface area contributed by atoms with E-state index >= 15 is 0 Å². The van der Waals surface area contributed by atoms with Crippen LogP contribution < -0.4 is 9.62 Å². The molecule has 0 aromatic heterocycles. The standard InChI is InChI=1S/C19H23N3O5S2/c1-4-17(19(23)20-16-11-6-7-12-18(16)28-5-2)21(29(3,26)27)14-9-8-10-15(13-14)22(24)25/h6-13,17H,4-5H2,1-3H3,(H,20,23). The van der Waals surface area contributed by atoms with Crippen LogP contribution in [0.15, 0.2) is 53.4 Å². The van der Waals surface area contributed by atoms with E-state index in [0.29, 0.717) is 5.69 Å². The minimum absolute atomic E-state index is 0.0694. The van der Waals surface area contributed by atoms with Gasteiger partial charge in [-0.05, 0) is 30.4 Å². The van der Waals surface area contributed by atoms with E-state index in [-0.39, 0.29) is 17.8 Å². The van der Waals surface area contributed by atoms with Crippen LogP contribution in [0.1, 0.15) is 20.3 Å². The normalized spacial score (nSPS) is 12.2. The van der Waals surface area contributed by atoms with E-state index in [9.17, 15) is 23.3 Å². The number of non-ortho nitro benzene ring substituents is 1. The van der Waals surface area contributed by atoms with Crippen molar-refractivity contribution >= 4 is 44.8 Å². The predicted octanol–water partition coefficient (Wildman–Crippen LogP) is 3.89. The first-order valence-electron chi connectivity index (χ1n) is 8.95. The zero-order valence-electron chi connectivity index (χ0n) is 16.4. The van der Waals surface area contributed by atoms with Crippen LogP contribution in [0.3, 0.4) is 0 Å². The van der Waals surface area contributed by atoms with Crippen molar-refractivity contribution in [2.45, 2.75) is 31.2 Å². The third-order valence-corrected chi connectivity index (χ3v) is 6.21. The fourth-order valence-electron chi connectivity index (χ4n) is 2.87. The van der Waals surface area contributed by atoms with E-state index in [4.69, 9.17) is 0 Å². The second-order valence-corrected chi connectivity index (χ2v) is 9.34. The topological polar surface area (TPSA) is 110 Å². The summed E-state index contributed by atoms with van der Waals surface area (Å²) in [5, 5.41) is 13.9. The van der Waals surface area contributed by atoms with Crippen molar-refractivity contribution in [2.24, 2.45) is 0 Å². The third kappa shape index (κ3) is 5.70. The summed E-state index contributed by atoms with van der Waals surface area (Å²) in [7, 11) is -3.88.